The van der Waals surface area contributed by atoms with Crippen LogP contribution < -0.4 is 10.6 Å². The molecule has 3 amide bonds. The van der Waals surface area contributed by atoms with E-state index in [2.05, 4.69) is 15.6 Å². The molecule has 0 bridgehead atoms. The van der Waals surface area contributed by atoms with Crippen molar-refractivity contribution in [1.82, 2.24) is 20.1 Å². The quantitative estimate of drug-likeness (QED) is 0.744. The number of pyridine rings is 1. The summed E-state index contributed by atoms with van der Waals surface area (Å²) in [5.74, 6) is 0.440. The molecule has 2 heterocycles. The summed E-state index contributed by atoms with van der Waals surface area (Å²) in [6, 6.07) is 10.9. The second-order valence-electron chi connectivity index (χ2n) is 7.83. The molecule has 1 aromatic carbocycles. The van der Waals surface area contributed by atoms with Crippen molar-refractivity contribution in [3.63, 3.8) is 0 Å². The highest BCUT2D eigenvalue weighted by Gasteiger charge is 2.30. The third kappa shape index (κ3) is 5.20. The number of nitrogens with one attached hydrogen (secondary N) is 2. The number of aromatic nitrogens is 1. The lowest BCUT2D eigenvalue weighted by Crippen LogP contribution is -2.38. The molecule has 2 atom stereocenters. The summed E-state index contributed by atoms with van der Waals surface area (Å²) < 4.78 is 0. The van der Waals surface area contributed by atoms with Gasteiger partial charge < -0.3 is 20.4 Å². The van der Waals surface area contributed by atoms with Crippen LogP contribution in [-0.2, 0) is 4.79 Å². The van der Waals surface area contributed by atoms with Gasteiger partial charge in [-0.25, -0.2) is 4.98 Å². The molecular formula is C23H29N5O3. The van der Waals surface area contributed by atoms with Crippen LogP contribution in [0.25, 0.3) is 0 Å². The molecule has 8 heteroatoms. The lowest BCUT2D eigenvalue weighted by molar-refractivity contribution is -0.129. The highest BCUT2D eigenvalue weighted by Crippen LogP contribution is 2.21. The lowest BCUT2D eigenvalue weighted by Gasteiger charge is -2.23. The molecule has 0 spiro atoms. The largest absolute Gasteiger partial charge is 0.364 e. The summed E-state index contributed by atoms with van der Waals surface area (Å²) in [6.07, 6.45) is 2.35. The topological polar surface area (TPSA) is 94.6 Å². The Balaban J connectivity index is 1.62. The van der Waals surface area contributed by atoms with E-state index in [1.165, 1.54) is 6.92 Å². The number of rotatable bonds is 6. The Kier molecular flexibility index (Phi) is 6.89. The first-order valence-electron chi connectivity index (χ1n) is 10.4. The van der Waals surface area contributed by atoms with E-state index in [1.54, 1.807) is 48.3 Å². The third-order valence-corrected chi connectivity index (χ3v) is 5.75. The first-order valence-corrected chi connectivity index (χ1v) is 10.4. The number of likely N-dealkylation sites (tertiary alicyclic amines) is 1. The van der Waals surface area contributed by atoms with Gasteiger partial charge in [0.05, 0.1) is 11.6 Å². The summed E-state index contributed by atoms with van der Waals surface area (Å²) in [5.41, 5.74) is 2.08. The molecule has 31 heavy (non-hydrogen) atoms. The van der Waals surface area contributed by atoms with Crippen LogP contribution >= 0.6 is 0 Å². The van der Waals surface area contributed by atoms with Crippen molar-refractivity contribution in [2.75, 3.05) is 32.5 Å². The van der Waals surface area contributed by atoms with Gasteiger partial charge >= 0.3 is 0 Å². The standard InChI is InChI=1S/C23H29N5O3/c1-15(17-6-5-7-18(12-17)22(30)24-3)26-21-9-8-19(13-25-21)23(31)28-11-10-20(14-28)27(4)16(2)29/h5-9,12-13,15,20H,10-11,14H2,1-4H3,(H,24,30)(H,25,26)/t15-,20-/m0/s1. The fourth-order valence-electron chi connectivity index (χ4n) is 3.69. The predicted molar refractivity (Wildman–Crippen MR) is 119 cm³/mol. The highest BCUT2D eigenvalue weighted by molar-refractivity contribution is 5.94. The van der Waals surface area contributed by atoms with Crippen molar-refractivity contribution < 1.29 is 14.4 Å². The van der Waals surface area contributed by atoms with Gasteiger partial charge in [-0.15, -0.1) is 0 Å². The van der Waals surface area contributed by atoms with E-state index in [0.717, 1.165) is 12.0 Å². The molecule has 0 radical (unpaired) electrons. The van der Waals surface area contributed by atoms with Crippen LogP contribution in [-0.4, -0.2) is 65.7 Å². The maximum Gasteiger partial charge on any atom is 0.255 e. The number of benzene rings is 1. The Labute approximate surface area is 182 Å². The van der Waals surface area contributed by atoms with Gasteiger partial charge in [-0.2, -0.15) is 0 Å². The van der Waals surface area contributed by atoms with Gasteiger partial charge in [0.25, 0.3) is 11.8 Å². The molecule has 3 rings (SSSR count). The summed E-state index contributed by atoms with van der Waals surface area (Å²) in [5, 5.41) is 5.92. The van der Waals surface area contributed by atoms with E-state index in [-0.39, 0.29) is 29.8 Å². The van der Waals surface area contributed by atoms with E-state index >= 15 is 0 Å². The molecular weight excluding hydrogens is 394 g/mol. The molecule has 164 valence electrons. The molecule has 1 aliphatic rings. The van der Waals surface area contributed by atoms with Crippen molar-refractivity contribution in [2.24, 2.45) is 0 Å². The normalized spacial score (nSPS) is 16.5. The van der Waals surface area contributed by atoms with Crippen molar-refractivity contribution in [2.45, 2.75) is 32.4 Å². The fourth-order valence-corrected chi connectivity index (χ4v) is 3.69. The van der Waals surface area contributed by atoms with E-state index in [1.807, 2.05) is 25.1 Å². The third-order valence-electron chi connectivity index (χ3n) is 5.75. The van der Waals surface area contributed by atoms with E-state index in [0.29, 0.717) is 30.0 Å². The van der Waals surface area contributed by atoms with Gasteiger partial charge in [-0.3, -0.25) is 14.4 Å². The van der Waals surface area contributed by atoms with Crippen LogP contribution in [0.3, 0.4) is 0 Å². The van der Waals surface area contributed by atoms with Crippen LogP contribution in [0.2, 0.25) is 0 Å². The Morgan fingerprint density at radius 2 is 1.97 bits per heavy atom. The van der Waals surface area contributed by atoms with Crippen LogP contribution in [0.4, 0.5) is 5.82 Å². The van der Waals surface area contributed by atoms with Gasteiger partial charge in [0.15, 0.2) is 0 Å². The Hall–Kier alpha value is -3.42. The second-order valence-corrected chi connectivity index (χ2v) is 7.83. The van der Waals surface area contributed by atoms with Crippen LogP contribution in [0, 0.1) is 0 Å². The van der Waals surface area contributed by atoms with Crippen molar-refractivity contribution in [1.29, 1.82) is 0 Å². The maximum atomic E-state index is 12.8. The highest BCUT2D eigenvalue weighted by atomic mass is 16.2. The van der Waals surface area contributed by atoms with Gasteiger partial charge in [0, 0.05) is 51.9 Å². The maximum absolute atomic E-state index is 12.8. The summed E-state index contributed by atoms with van der Waals surface area (Å²) in [6.45, 7) is 4.68. The SMILES string of the molecule is CNC(=O)c1cccc([C@H](C)Nc2ccc(C(=O)N3CC[C@H](N(C)C(C)=O)C3)cn2)c1. The monoisotopic (exact) mass is 423 g/mol. The number of anilines is 1. The molecule has 0 saturated carbocycles. The zero-order valence-electron chi connectivity index (χ0n) is 18.4. The molecule has 0 aliphatic carbocycles. The molecule has 2 aromatic rings. The van der Waals surface area contributed by atoms with Crippen LogP contribution in [0.1, 0.15) is 52.6 Å². The predicted octanol–water partition coefficient (Wildman–Crippen LogP) is 2.31. The van der Waals surface area contributed by atoms with E-state index < -0.39 is 0 Å². The number of amides is 3. The number of nitrogens with zero attached hydrogens (tertiary/aromatic N) is 3. The number of carbonyl (C=O) groups is 3. The first kappa shape index (κ1) is 22.3. The van der Waals surface area contributed by atoms with Gasteiger partial charge in [0.1, 0.15) is 5.82 Å². The van der Waals surface area contributed by atoms with E-state index in [9.17, 15) is 14.4 Å². The van der Waals surface area contributed by atoms with Crippen molar-refractivity contribution >= 4 is 23.5 Å². The average Bonchev–Trinajstić information content (AvgIpc) is 3.28. The van der Waals surface area contributed by atoms with Gasteiger partial charge in [0.2, 0.25) is 5.91 Å². The number of carbonyl (C=O) groups excluding carboxylic acids is 3. The second kappa shape index (κ2) is 9.59. The van der Waals surface area contributed by atoms with Crippen molar-refractivity contribution in [3.8, 4) is 0 Å². The lowest BCUT2D eigenvalue weighted by atomic mass is 10.0. The van der Waals surface area contributed by atoms with E-state index in [4.69, 9.17) is 0 Å². The Morgan fingerprint density at radius 3 is 2.61 bits per heavy atom. The minimum atomic E-state index is -0.131. The van der Waals surface area contributed by atoms with Crippen molar-refractivity contribution in [3.05, 3.63) is 59.3 Å². The minimum Gasteiger partial charge on any atom is -0.364 e. The first-order chi connectivity index (χ1) is 14.8. The molecule has 1 fully saturated rings. The molecule has 1 aliphatic heterocycles. The molecule has 1 saturated heterocycles. The minimum absolute atomic E-state index is 0.00590. The summed E-state index contributed by atoms with van der Waals surface area (Å²) in [7, 11) is 3.38. The summed E-state index contributed by atoms with van der Waals surface area (Å²) in [4.78, 5) is 44.0. The Bertz CT molecular complexity index is 960. The number of hydrogen-bond donors (Lipinski definition) is 2. The molecule has 2 N–H and O–H groups in total. The molecule has 1 aromatic heterocycles. The average molecular weight is 424 g/mol. The fraction of sp³-hybridized carbons (Fsp3) is 0.391. The molecule has 8 nitrogen and oxygen atoms in total. The van der Waals surface area contributed by atoms with Crippen LogP contribution in [0.15, 0.2) is 42.6 Å². The van der Waals surface area contributed by atoms with Gasteiger partial charge in [-0.1, -0.05) is 12.1 Å². The number of likely N-dealkylation sites (N-methyl/N-ethyl adjacent to an activating group) is 1. The summed E-state index contributed by atoms with van der Waals surface area (Å²) >= 11 is 0. The Morgan fingerprint density at radius 1 is 1.19 bits per heavy atom. The van der Waals surface area contributed by atoms with Crippen LogP contribution in [0.5, 0.6) is 0 Å². The molecule has 0 unspecified atom stereocenters. The van der Waals surface area contributed by atoms with Gasteiger partial charge in [-0.05, 0) is 43.2 Å². The number of hydrogen-bond acceptors (Lipinski definition) is 5. The smallest absolute Gasteiger partial charge is 0.255 e. The zero-order chi connectivity index (χ0) is 22.5. The zero-order valence-corrected chi connectivity index (χ0v) is 18.4.